The van der Waals surface area contributed by atoms with Gasteiger partial charge in [0.2, 0.25) is 10.0 Å². The van der Waals surface area contributed by atoms with Crippen LogP contribution in [0.1, 0.15) is 11.7 Å². The predicted molar refractivity (Wildman–Crippen MR) is 84.7 cm³/mol. The number of sulfonamides is 1. The Morgan fingerprint density at radius 1 is 1.13 bits per heavy atom. The highest BCUT2D eigenvalue weighted by Gasteiger charge is 2.18. The fourth-order valence-electron chi connectivity index (χ4n) is 1.90. The molecule has 0 saturated heterocycles. The molecule has 4 nitrogen and oxygen atoms in total. The van der Waals surface area contributed by atoms with Gasteiger partial charge in [-0.25, -0.2) is 21.9 Å². The summed E-state index contributed by atoms with van der Waals surface area (Å²) in [5, 5.41) is 10.0. The van der Waals surface area contributed by atoms with Gasteiger partial charge in [0.1, 0.15) is 11.6 Å². The summed E-state index contributed by atoms with van der Waals surface area (Å²) >= 11 is 1.54. The first-order valence-electron chi connectivity index (χ1n) is 6.59. The molecular formula is C15H15F2NO3S2. The molecule has 0 heterocycles. The second-order valence-electron chi connectivity index (χ2n) is 4.75. The number of halogens is 2. The first kappa shape index (κ1) is 17.9. The quantitative estimate of drug-likeness (QED) is 0.779. The van der Waals surface area contributed by atoms with Crippen molar-refractivity contribution in [2.24, 2.45) is 0 Å². The summed E-state index contributed by atoms with van der Waals surface area (Å²) in [7, 11) is -4.12. The monoisotopic (exact) mass is 359 g/mol. The van der Waals surface area contributed by atoms with E-state index < -0.39 is 32.7 Å². The molecule has 8 heteroatoms. The fraction of sp³-hybridized carbons (Fsp3) is 0.200. The van der Waals surface area contributed by atoms with Gasteiger partial charge >= 0.3 is 0 Å². The van der Waals surface area contributed by atoms with E-state index in [0.717, 1.165) is 4.90 Å². The molecule has 0 aromatic heterocycles. The molecule has 23 heavy (non-hydrogen) atoms. The Hall–Kier alpha value is -1.48. The second kappa shape index (κ2) is 7.39. The van der Waals surface area contributed by atoms with Gasteiger partial charge in [-0.05, 0) is 36.1 Å². The third kappa shape index (κ3) is 4.74. The molecule has 2 N–H and O–H groups in total. The van der Waals surface area contributed by atoms with Crippen LogP contribution in [0.15, 0.2) is 52.3 Å². The highest BCUT2D eigenvalue weighted by molar-refractivity contribution is 7.98. The Kier molecular flexibility index (Phi) is 5.74. The van der Waals surface area contributed by atoms with Crippen molar-refractivity contribution in [2.75, 3.05) is 12.8 Å². The van der Waals surface area contributed by atoms with Gasteiger partial charge in [-0.3, -0.25) is 0 Å². The van der Waals surface area contributed by atoms with Gasteiger partial charge in [-0.1, -0.05) is 12.1 Å². The minimum atomic E-state index is -4.12. The van der Waals surface area contributed by atoms with E-state index in [-0.39, 0.29) is 6.54 Å². The van der Waals surface area contributed by atoms with Crippen molar-refractivity contribution in [3.8, 4) is 0 Å². The van der Waals surface area contributed by atoms with Gasteiger partial charge in [0.05, 0.1) is 11.0 Å². The van der Waals surface area contributed by atoms with Crippen LogP contribution in [0.5, 0.6) is 0 Å². The van der Waals surface area contributed by atoms with Crippen LogP contribution < -0.4 is 4.72 Å². The molecule has 0 aliphatic carbocycles. The number of aliphatic hydroxyl groups is 1. The van der Waals surface area contributed by atoms with Crippen molar-refractivity contribution in [3.63, 3.8) is 0 Å². The SMILES string of the molecule is CSc1ccc(C(O)CNS(=O)(=O)c2cc(F)cc(F)c2)cc1. The number of hydrogen-bond donors (Lipinski definition) is 2. The average Bonchev–Trinajstić information content (AvgIpc) is 2.52. The van der Waals surface area contributed by atoms with Crippen molar-refractivity contribution in [2.45, 2.75) is 15.9 Å². The molecule has 124 valence electrons. The van der Waals surface area contributed by atoms with Crippen LogP contribution >= 0.6 is 11.8 Å². The van der Waals surface area contributed by atoms with Crippen molar-refractivity contribution >= 4 is 21.8 Å². The summed E-state index contributed by atoms with van der Waals surface area (Å²) in [6.45, 7) is -0.306. The van der Waals surface area contributed by atoms with Crippen LogP contribution in [0, 0.1) is 11.6 Å². The third-order valence-corrected chi connectivity index (χ3v) is 5.26. The van der Waals surface area contributed by atoms with Crippen LogP contribution in [-0.4, -0.2) is 26.3 Å². The van der Waals surface area contributed by atoms with Crippen molar-refractivity contribution in [3.05, 3.63) is 59.7 Å². The van der Waals surface area contributed by atoms with Crippen molar-refractivity contribution in [1.29, 1.82) is 0 Å². The van der Waals surface area contributed by atoms with Crippen LogP contribution in [-0.2, 0) is 10.0 Å². The van der Waals surface area contributed by atoms with E-state index in [2.05, 4.69) is 4.72 Å². The zero-order valence-electron chi connectivity index (χ0n) is 12.2. The lowest BCUT2D eigenvalue weighted by atomic mass is 10.1. The molecule has 0 saturated carbocycles. The topological polar surface area (TPSA) is 66.4 Å². The predicted octanol–water partition coefficient (Wildman–Crippen LogP) is 2.70. The smallest absolute Gasteiger partial charge is 0.240 e. The third-order valence-electron chi connectivity index (χ3n) is 3.11. The Morgan fingerprint density at radius 3 is 2.22 bits per heavy atom. The molecule has 1 unspecified atom stereocenters. The summed E-state index contributed by atoms with van der Waals surface area (Å²) in [5.41, 5.74) is 0.538. The zero-order chi connectivity index (χ0) is 17.0. The Labute approximate surface area is 137 Å². The van der Waals surface area contributed by atoms with E-state index in [0.29, 0.717) is 23.8 Å². The van der Waals surface area contributed by atoms with Gasteiger partial charge in [0.25, 0.3) is 0 Å². The van der Waals surface area contributed by atoms with E-state index in [1.807, 2.05) is 6.26 Å². The molecule has 2 aromatic rings. The van der Waals surface area contributed by atoms with Gasteiger partial charge in [0.15, 0.2) is 0 Å². The van der Waals surface area contributed by atoms with Gasteiger partial charge in [-0.2, -0.15) is 0 Å². The Morgan fingerprint density at radius 2 is 1.70 bits per heavy atom. The van der Waals surface area contributed by atoms with E-state index in [1.165, 1.54) is 0 Å². The number of hydrogen-bond acceptors (Lipinski definition) is 4. The van der Waals surface area contributed by atoms with E-state index >= 15 is 0 Å². The van der Waals surface area contributed by atoms with Crippen LogP contribution in [0.25, 0.3) is 0 Å². The van der Waals surface area contributed by atoms with E-state index in [9.17, 15) is 22.3 Å². The highest BCUT2D eigenvalue weighted by Crippen LogP contribution is 2.19. The Balaban J connectivity index is 2.08. The number of rotatable bonds is 6. The highest BCUT2D eigenvalue weighted by atomic mass is 32.2. The van der Waals surface area contributed by atoms with Crippen LogP contribution in [0.4, 0.5) is 8.78 Å². The van der Waals surface area contributed by atoms with Crippen LogP contribution in [0.3, 0.4) is 0 Å². The van der Waals surface area contributed by atoms with Crippen LogP contribution in [0.2, 0.25) is 0 Å². The lowest BCUT2D eigenvalue weighted by Gasteiger charge is -2.13. The largest absolute Gasteiger partial charge is 0.387 e. The van der Waals surface area contributed by atoms with E-state index in [4.69, 9.17) is 0 Å². The average molecular weight is 359 g/mol. The minimum Gasteiger partial charge on any atom is -0.387 e. The van der Waals surface area contributed by atoms with Crippen molar-refractivity contribution < 1.29 is 22.3 Å². The van der Waals surface area contributed by atoms with Crippen molar-refractivity contribution in [1.82, 2.24) is 4.72 Å². The molecule has 0 amide bonds. The zero-order valence-corrected chi connectivity index (χ0v) is 13.8. The van der Waals surface area contributed by atoms with E-state index in [1.54, 1.807) is 36.0 Å². The fourth-order valence-corrected chi connectivity index (χ4v) is 3.39. The lowest BCUT2D eigenvalue weighted by molar-refractivity contribution is 0.182. The van der Waals surface area contributed by atoms with Gasteiger partial charge in [-0.15, -0.1) is 11.8 Å². The number of thioether (sulfide) groups is 1. The summed E-state index contributed by atoms with van der Waals surface area (Å²) in [5.74, 6) is -1.97. The van der Waals surface area contributed by atoms with Gasteiger partial charge in [0, 0.05) is 17.5 Å². The minimum absolute atomic E-state index is 0.306. The molecule has 0 radical (unpaired) electrons. The maximum Gasteiger partial charge on any atom is 0.240 e. The summed E-state index contributed by atoms with van der Waals surface area (Å²) in [6, 6.07) is 9.00. The molecule has 0 spiro atoms. The lowest BCUT2D eigenvalue weighted by Crippen LogP contribution is -2.28. The summed E-state index contributed by atoms with van der Waals surface area (Å²) < 4.78 is 52.4. The molecule has 0 fully saturated rings. The molecule has 0 aliphatic heterocycles. The number of nitrogens with one attached hydrogen (secondary N) is 1. The Bertz CT molecular complexity index is 760. The first-order valence-corrected chi connectivity index (χ1v) is 9.30. The normalized spacial score (nSPS) is 13.0. The molecule has 0 aliphatic rings. The molecule has 0 bridgehead atoms. The van der Waals surface area contributed by atoms with Gasteiger partial charge < -0.3 is 5.11 Å². The standard InChI is InChI=1S/C15H15F2NO3S2/c1-22-13-4-2-10(3-5-13)15(19)9-18-23(20,21)14-7-11(16)6-12(17)8-14/h2-8,15,18-19H,9H2,1H3. The first-order chi connectivity index (χ1) is 10.8. The molecule has 2 aromatic carbocycles. The maximum atomic E-state index is 13.1. The number of aliphatic hydroxyl groups excluding tert-OH is 1. The molecule has 1 atom stereocenters. The summed E-state index contributed by atoms with van der Waals surface area (Å²) in [4.78, 5) is 0.483. The number of benzene rings is 2. The second-order valence-corrected chi connectivity index (χ2v) is 7.39. The maximum absolute atomic E-state index is 13.1. The summed E-state index contributed by atoms with van der Waals surface area (Å²) in [6.07, 6.45) is 0.844. The molecule has 2 rings (SSSR count). The molecular weight excluding hydrogens is 344 g/mol.